The first kappa shape index (κ1) is 13.4. The van der Waals surface area contributed by atoms with Gasteiger partial charge in [0, 0.05) is 18.7 Å². The maximum Gasteiger partial charge on any atom is 0.203 e. The number of phenols is 1. The van der Waals surface area contributed by atoms with Crippen LogP contribution in [0.15, 0.2) is 12.3 Å². The Labute approximate surface area is 115 Å². The summed E-state index contributed by atoms with van der Waals surface area (Å²) in [6, 6.07) is 1.56. The van der Waals surface area contributed by atoms with Crippen LogP contribution in [0.25, 0.3) is 11.1 Å². The number of halogens is 1. The van der Waals surface area contributed by atoms with Crippen LogP contribution >= 0.6 is 11.6 Å². The van der Waals surface area contributed by atoms with Gasteiger partial charge in [0.1, 0.15) is 5.82 Å². The minimum atomic E-state index is -0.133. The molecule has 7 heteroatoms. The molecule has 0 saturated carbocycles. The summed E-state index contributed by atoms with van der Waals surface area (Å²) in [5, 5.41) is 14.6. The molecule has 0 unspecified atom stereocenters. The molecule has 1 aromatic heterocycles. The highest BCUT2D eigenvalue weighted by molar-refractivity contribution is 6.34. The average Bonchev–Trinajstić information content (AvgIpc) is 2.70. The molecule has 0 spiro atoms. The van der Waals surface area contributed by atoms with E-state index in [2.05, 4.69) is 5.10 Å². The first-order valence-corrected chi connectivity index (χ1v) is 5.80. The summed E-state index contributed by atoms with van der Waals surface area (Å²) >= 11 is 6.17. The molecule has 0 fully saturated rings. The smallest absolute Gasteiger partial charge is 0.203 e. The van der Waals surface area contributed by atoms with E-state index in [-0.39, 0.29) is 11.5 Å². The van der Waals surface area contributed by atoms with Crippen molar-refractivity contribution in [2.24, 2.45) is 7.05 Å². The lowest BCUT2D eigenvalue weighted by Gasteiger charge is -2.14. The molecule has 6 nitrogen and oxygen atoms in total. The third-order valence-electron chi connectivity index (χ3n) is 2.85. The van der Waals surface area contributed by atoms with Gasteiger partial charge in [-0.15, -0.1) is 0 Å². The standard InChI is InChI=1S/C12H14ClN3O3/c1-16-12(14)6(5-15-16)9-7(13)4-8(18-2)11(19-3)10(9)17/h4-5,17H,14H2,1-3H3. The number of ether oxygens (including phenoxy) is 2. The van der Waals surface area contributed by atoms with Crippen molar-refractivity contribution in [2.45, 2.75) is 0 Å². The summed E-state index contributed by atoms with van der Waals surface area (Å²) in [6.45, 7) is 0. The number of nitrogens with two attached hydrogens (primary N) is 1. The van der Waals surface area contributed by atoms with E-state index in [0.29, 0.717) is 27.7 Å². The van der Waals surface area contributed by atoms with E-state index < -0.39 is 0 Å². The van der Waals surface area contributed by atoms with Crippen LogP contribution in [0.4, 0.5) is 5.82 Å². The molecule has 1 aromatic carbocycles. The molecule has 19 heavy (non-hydrogen) atoms. The zero-order chi connectivity index (χ0) is 14.2. The quantitative estimate of drug-likeness (QED) is 0.901. The maximum absolute atomic E-state index is 10.3. The van der Waals surface area contributed by atoms with Gasteiger partial charge in [-0.2, -0.15) is 5.10 Å². The van der Waals surface area contributed by atoms with Crippen molar-refractivity contribution < 1.29 is 14.6 Å². The van der Waals surface area contributed by atoms with Gasteiger partial charge in [0.2, 0.25) is 5.75 Å². The third-order valence-corrected chi connectivity index (χ3v) is 3.15. The predicted octanol–water partition coefficient (Wildman–Crippen LogP) is 2.05. The summed E-state index contributed by atoms with van der Waals surface area (Å²) in [4.78, 5) is 0. The number of hydrogen-bond donors (Lipinski definition) is 2. The molecular weight excluding hydrogens is 270 g/mol. The van der Waals surface area contributed by atoms with Crippen molar-refractivity contribution in [3.8, 4) is 28.4 Å². The number of anilines is 1. The Balaban J connectivity index is 2.74. The highest BCUT2D eigenvalue weighted by Gasteiger charge is 2.22. The average molecular weight is 284 g/mol. The highest BCUT2D eigenvalue weighted by atomic mass is 35.5. The van der Waals surface area contributed by atoms with Crippen molar-refractivity contribution in [2.75, 3.05) is 20.0 Å². The van der Waals surface area contributed by atoms with Gasteiger partial charge in [-0.25, -0.2) is 0 Å². The van der Waals surface area contributed by atoms with Crippen molar-refractivity contribution in [3.63, 3.8) is 0 Å². The second-order valence-electron chi connectivity index (χ2n) is 3.88. The second kappa shape index (κ2) is 4.89. The predicted molar refractivity (Wildman–Crippen MR) is 72.8 cm³/mol. The maximum atomic E-state index is 10.3. The van der Waals surface area contributed by atoms with E-state index in [9.17, 15) is 5.11 Å². The lowest BCUT2D eigenvalue weighted by atomic mass is 10.1. The summed E-state index contributed by atoms with van der Waals surface area (Å²) in [5.41, 5.74) is 6.79. The van der Waals surface area contributed by atoms with Crippen LogP contribution in [0.1, 0.15) is 0 Å². The lowest BCUT2D eigenvalue weighted by Crippen LogP contribution is -1.99. The van der Waals surface area contributed by atoms with E-state index in [4.69, 9.17) is 26.8 Å². The van der Waals surface area contributed by atoms with Crippen LogP contribution in [-0.2, 0) is 7.05 Å². The normalized spacial score (nSPS) is 10.5. The number of nitrogen functional groups attached to an aromatic ring is 1. The summed E-state index contributed by atoms with van der Waals surface area (Å²) in [6.07, 6.45) is 1.53. The Bertz CT molecular complexity index is 625. The van der Waals surface area contributed by atoms with E-state index in [1.54, 1.807) is 13.1 Å². The first-order chi connectivity index (χ1) is 9.01. The van der Waals surface area contributed by atoms with Crippen LogP contribution in [0.5, 0.6) is 17.2 Å². The Morgan fingerprint density at radius 2 is 2.05 bits per heavy atom. The number of hydrogen-bond acceptors (Lipinski definition) is 5. The van der Waals surface area contributed by atoms with Gasteiger partial charge in [0.25, 0.3) is 0 Å². The van der Waals surface area contributed by atoms with E-state index >= 15 is 0 Å². The lowest BCUT2D eigenvalue weighted by molar-refractivity contribution is 0.334. The van der Waals surface area contributed by atoms with Crippen LogP contribution in [0, 0.1) is 0 Å². The summed E-state index contributed by atoms with van der Waals surface area (Å²) in [7, 11) is 4.60. The Morgan fingerprint density at radius 3 is 2.53 bits per heavy atom. The number of aromatic hydroxyl groups is 1. The topological polar surface area (TPSA) is 82.5 Å². The molecule has 102 valence electrons. The van der Waals surface area contributed by atoms with Crippen molar-refractivity contribution in [1.82, 2.24) is 9.78 Å². The minimum Gasteiger partial charge on any atom is -0.504 e. The molecule has 0 aliphatic rings. The van der Waals surface area contributed by atoms with E-state index in [1.165, 1.54) is 25.1 Å². The molecular formula is C12H14ClN3O3. The van der Waals surface area contributed by atoms with Crippen LogP contribution in [0.3, 0.4) is 0 Å². The van der Waals surface area contributed by atoms with Crippen molar-refractivity contribution >= 4 is 17.4 Å². The van der Waals surface area contributed by atoms with E-state index in [1.807, 2.05) is 0 Å². The van der Waals surface area contributed by atoms with Crippen LogP contribution < -0.4 is 15.2 Å². The first-order valence-electron chi connectivity index (χ1n) is 5.42. The SMILES string of the molecule is COc1cc(Cl)c(-c2cnn(C)c2N)c(O)c1OC. The molecule has 0 atom stereocenters. The number of aryl methyl sites for hydroxylation is 1. The molecule has 0 radical (unpaired) electrons. The van der Waals surface area contributed by atoms with E-state index in [0.717, 1.165) is 0 Å². The fraction of sp³-hybridized carbons (Fsp3) is 0.250. The number of nitrogens with zero attached hydrogens (tertiary/aromatic N) is 2. The molecule has 0 aliphatic heterocycles. The summed E-state index contributed by atoms with van der Waals surface area (Å²) in [5.74, 6) is 0.803. The van der Waals surface area contributed by atoms with Crippen molar-refractivity contribution in [1.29, 1.82) is 0 Å². The third kappa shape index (κ3) is 2.04. The molecule has 3 N–H and O–H groups in total. The second-order valence-corrected chi connectivity index (χ2v) is 4.29. The molecule has 0 amide bonds. The fourth-order valence-electron chi connectivity index (χ4n) is 1.84. The highest BCUT2D eigenvalue weighted by Crippen LogP contribution is 2.48. The Kier molecular flexibility index (Phi) is 3.44. The molecule has 2 aromatic rings. The zero-order valence-corrected chi connectivity index (χ0v) is 11.5. The summed E-state index contributed by atoms with van der Waals surface area (Å²) < 4.78 is 11.7. The van der Waals surface area contributed by atoms with Gasteiger partial charge in [-0.1, -0.05) is 11.6 Å². The van der Waals surface area contributed by atoms with Gasteiger partial charge in [-0.05, 0) is 0 Å². The molecule has 2 rings (SSSR count). The number of methoxy groups -OCH3 is 2. The molecule has 1 heterocycles. The van der Waals surface area contributed by atoms with Gasteiger partial charge >= 0.3 is 0 Å². The monoisotopic (exact) mass is 283 g/mol. The Hall–Kier alpha value is -2.08. The van der Waals surface area contributed by atoms with Gasteiger partial charge in [0.15, 0.2) is 11.5 Å². The zero-order valence-electron chi connectivity index (χ0n) is 10.8. The number of aromatic nitrogens is 2. The van der Waals surface area contributed by atoms with Crippen LogP contribution in [0.2, 0.25) is 5.02 Å². The van der Waals surface area contributed by atoms with Gasteiger partial charge in [0.05, 0.1) is 31.0 Å². The minimum absolute atomic E-state index is 0.133. The van der Waals surface area contributed by atoms with Gasteiger partial charge < -0.3 is 20.3 Å². The van der Waals surface area contributed by atoms with Crippen molar-refractivity contribution in [3.05, 3.63) is 17.3 Å². The Morgan fingerprint density at radius 1 is 1.37 bits per heavy atom. The van der Waals surface area contributed by atoms with Gasteiger partial charge in [-0.3, -0.25) is 4.68 Å². The molecule has 0 aliphatic carbocycles. The molecule has 0 saturated heterocycles. The number of rotatable bonds is 3. The van der Waals surface area contributed by atoms with Crippen LogP contribution in [-0.4, -0.2) is 29.1 Å². The number of benzene rings is 1. The fourth-order valence-corrected chi connectivity index (χ4v) is 2.13. The number of phenolic OH excluding ortho intramolecular Hbond substituents is 1. The largest absolute Gasteiger partial charge is 0.504 e. The molecule has 0 bridgehead atoms.